The van der Waals surface area contributed by atoms with E-state index in [4.69, 9.17) is 9.47 Å². The van der Waals surface area contributed by atoms with Crippen molar-refractivity contribution in [3.63, 3.8) is 0 Å². The van der Waals surface area contributed by atoms with Gasteiger partial charge in [0, 0.05) is 22.8 Å². The molecule has 0 spiro atoms. The molecule has 1 aliphatic rings. The maximum atomic E-state index is 5.58. The zero-order valence-electron chi connectivity index (χ0n) is 9.90. The molecule has 0 atom stereocenters. The molecule has 3 nitrogen and oxygen atoms in total. The molecule has 0 bridgehead atoms. The Bertz CT molecular complexity index is 637. The van der Waals surface area contributed by atoms with Crippen LogP contribution in [0.2, 0.25) is 0 Å². The topological polar surface area (TPSA) is 31.4 Å². The van der Waals surface area contributed by atoms with Gasteiger partial charge in [-0.15, -0.1) is 11.3 Å². The molecule has 0 saturated heterocycles. The van der Waals surface area contributed by atoms with Crippen LogP contribution in [-0.4, -0.2) is 18.2 Å². The molecule has 0 aromatic carbocycles. The quantitative estimate of drug-likeness (QED) is 0.680. The van der Waals surface area contributed by atoms with E-state index >= 15 is 0 Å². The number of nitrogens with zero attached hydrogens (tertiary/aromatic N) is 1. The summed E-state index contributed by atoms with van der Waals surface area (Å²) < 4.78 is 11.1. The van der Waals surface area contributed by atoms with Crippen LogP contribution >= 0.6 is 11.3 Å². The molecule has 4 heteroatoms. The molecule has 90 valence electrons. The highest BCUT2D eigenvalue weighted by atomic mass is 32.1. The minimum absolute atomic E-state index is 0.590. The summed E-state index contributed by atoms with van der Waals surface area (Å²) in [5.74, 6) is 7.84. The van der Waals surface area contributed by atoms with Gasteiger partial charge in [-0.2, -0.15) is 0 Å². The Morgan fingerprint density at radius 3 is 3.06 bits per heavy atom. The van der Waals surface area contributed by atoms with Crippen molar-refractivity contribution >= 4 is 11.3 Å². The van der Waals surface area contributed by atoms with Crippen molar-refractivity contribution in [2.45, 2.75) is 6.92 Å². The molecule has 18 heavy (non-hydrogen) atoms. The number of aromatic nitrogens is 1. The van der Waals surface area contributed by atoms with E-state index in [9.17, 15) is 0 Å². The number of pyridine rings is 1. The van der Waals surface area contributed by atoms with Crippen molar-refractivity contribution in [2.75, 3.05) is 13.2 Å². The summed E-state index contributed by atoms with van der Waals surface area (Å²) in [4.78, 5) is 5.06. The van der Waals surface area contributed by atoms with E-state index in [0.29, 0.717) is 13.2 Å². The van der Waals surface area contributed by atoms with Gasteiger partial charge in [-0.05, 0) is 25.0 Å². The Morgan fingerprint density at radius 1 is 1.28 bits per heavy atom. The number of hydrogen-bond acceptors (Lipinski definition) is 4. The second kappa shape index (κ2) is 4.71. The maximum Gasteiger partial charge on any atom is 0.187 e. The first-order valence-corrected chi connectivity index (χ1v) is 6.52. The van der Waals surface area contributed by atoms with E-state index in [0.717, 1.165) is 27.6 Å². The first kappa shape index (κ1) is 11.1. The van der Waals surface area contributed by atoms with Gasteiger partial charge < -0.3 is 9.47 Å². The van der Waals surface area contributed by atoms with E-state index in [2.05, 4.69) is 16.8 Å². The molecule has 0 N–H and O–H groups in total. The highest BCUT2D eigenvalue weighted by Crippen LogP contribution is 2.38. The fraction of sp³-hybridized carbons (Fsp3) is 0.214. The number of aryl methyl sites for hydroxylation is 1. The van der Waals surface area contributed by atoms with Crippen LogP contribution in [0.15, 0.2) is 23.7 Å². The second-order valence-electron chi connectivity index (χ2n) is 3.89. The first-order chi connectivity index (χ1) is 8.83. The minimum atomic E-state index is 0.590. The van der Waals surface area contributed by atoms with Crippen LogP contribution in [0.4, 0.5) is 0 Å². The van der Waals surface area contributed by atoms with Crippen LogP contribution in [0.25, 0.3) is 0 Å². The molecular weight excluding hydrogens is 246 g/mol. The highest BCUT2D eigenvalue weighted by molar-refractivity contribution is 7.11. The van der Waals surface area contributed by atoms with E-state index < -0.39 is 0 Å². The standard InChI is InChI=1S/C14H11NO2S/c1-10-8-11(4-5-15-10)2-3-13-14-12(9-18-13)16-6-7-17-14/h4-5,8-9H,6-7H2,1H3. The Labute approximate surface area is 109 Å². The monoisotopic (exact) mass is 257 g/mol. The summed E-state index contributed by atoms with van der Waals surface area (Å²) in [5.41, 5.74) is 1.93. The lowest BCUT2D eigenvalue weighted by Crippen LogP contribution is -2.14. The summed E-state index contributed by atoms with van der Waals surface area (Å²) in [6, 6.07) is 3.86. The Balaban J connectivity index is 1.91. The Hall–Kier alpha value is -1.99. The third-order valence-corrected chi connectivity index (χ3v) is 3.37. The number of fused-ring (bicyclic) bond motifs is 1. The van der Waals surface area contributed by atoms with Crippen molar-refractivity contribution in [3.05, 3.63) is 39.8 Å². The molecule has 1 aliphatic heterocycles. The predicted octanol–water partition coefficient (Wildman–Crippen LogP) is 2.62. The summed E-state index contributed by atoms with van der Waals surface area (Å²) in [6.07, 6.45) is 1.77. The lowest BCUT2D eigenvalue weighted by Gasteiger charge is -2.14. The summed E-state index contributed by atoms with van der Waals surface area (Å²) >= 11 is 1.55. The lowest BCUT2D eigenvalue weighted by atomic mass is 10.2. The third kappa shape index (κ3) is 2.18. The Kier molecular flexibility index (Phi) is 2.91. The van der Waals surface area contributed by atoms with Gasteiger partial charge in [-0.1, -0.05) is 5.92 Å². The third-order valence-electron chi connectivity index (χ3n) is 2.52. The van der Waals surface area contributed by atoms with Crippen LogP contribution in [0.5, 0.6) is 11.5 Å². The summed E-state index contributed by atoms with van der Waals surface area (Å²) in [6.45, 7) is 3.15. The van der Waals surface area contributed by atoms with Crippen LogP contribution in [0.3, 0.4) is 0 Å². The molecule has 3 rings (SSSR count). The molecule has 0 saturated carbocycles. The molecule has 0 fully saturated rings. The molecule has 0 radical (unpaired) electrons. The number of hydrogen-bond donors (Lipinski definition) is 0. The van der Waals surface area contributed by atoms with E-state index in [1.807, 2.05) is 24.4 Å². The number of rotatable bonds is 0. The van der Waals surface area contributed by atoms with Gasteiger partial charge >= 0.3 is 0 Å². The average molecular weight is 257 g/mol. The van der Waals surface area contributed by atoms with Gasteiger partial charge in [-0.3, -0.25) is 4.98 Å². The first-order valence-electron chi connectivity index (χ1n) is 5.65. The molecule has 0 unspecified atom stereocenters. The number of ether oxygens (including phenoxy) is 2. The van der Waals surface area contributed by atoms with Gasteiger partial charge in [0.2, 0.25) is 0 Å². The van der Waals surface area contributed by atoms with Crippen molar-refractivity contribution < 1.29 is 9.47 Å². The van der Waals surface area contributed by atoms with E-state index in [-0.39, 0.29) is 0 Å². The zero-order valence-corrected chi connectivity index (χ0v) is 10.7. The molecule has 3 heterocycles. The second-order valence-corrected chi connectivity index (χ2v) is 4.77. The predicted molar refractivity (Wildman–Crippen MR) is 70.3 cm³/mol. The van der Waals surface area contributed by atoms with Crippen LogP contribution in [-0.2, 0) is 0 Å². The molecule has 2 aromatic rings. The highest BCUT2D eigenvalue weighted by Gasteiger charge is 2.16. The summed E-state index contributed by atoms with van der Waals surface area (Å²) in [5, 5.41) is 1.94. The molecule has 0 amide bonds. The van der Waals surface area contributed by atoms with Gasteiger partial charge in [0.1, 0.15) is 18.1 Å². The van der Waals surface area contributed by atoms with Crippen molar-refractivity contribution in [3.8, 4) is 23.3 Å². The molecule has 0 aliphatic carbocycles. The van der Waals surface area contributed by atoms with Gasteiger partial charge in [0.15, 0.2) is 11.5 Å². The molecule has 2 aromatic heterocycles. The zero-order chi connectivity index (χ0) is 12.4. The van der Waals surface area contributed by atoms with Crippen molar-refractivity contribution in [2.24, 2.45) is 0 Å². The number of thiophene rings is 1. The SMILES string of the molecule is Cc1cc(C#Cc2scc3c2OCCO3)ccn1. The van der Waals surface area contributed by atoms with Crippen LogP contribution in [0.1, 0.15) is 16.1 Å². The lowest BCUT2D eigenvalue weighted by molar-refractivity contribution is 0.173. The largest absolute Gasteiger partial charge is 0.485 e. The van der Waals surface area contributed by atoms with E-state index in [1.165, 1.54) is 0 Å². The van der Waals surface area contributed by atoms with Crippen molar-refractivity contribution in [1.82, 2.24) is 4.98 Å². The van der Waals surface area contributed by atoms with Gasteiger partial charge in [0.05, 0.1) is 0 Å². The van der Waals surface area contributed by atoms with Crippen LogP contribution in [0, 0.1) is 18.8 Å². The van der Waals surface area contributed by atoms with Gasteiger partial charge in [-0.25, -0.2) is 0 Å². The maximum absolute atomic E-state index is 5.58. The fourth-order valence-corrected chi connectivity index (χ4v) is 2.48. The summed E-state index contributed by atoms with van der Waals surface area (Å²) in [7, 11) is 0. The van der Waals surface area contributed by atoms with Crippen molar-refractivity contribution in [1.29, 1.82) is 0 Å². The van der Waals surface area contributed by atoms with Gasteiger partial charge in [0.25, 0.3) is 0 Å². The Morgan fingerprint density at radius 2 is 2.17 bits per heavy atom. The minimum Gasteiger partial charge on any atom is -0.485 e. The normalized spacial score (nSPS) is 12.7. The molecular formula is C14H11NO2S. The smallest absolute Gasteiger partial charge is 0.187 e. The fourth-order valence-electron chi connectivity index (χ4n) is 1.70. The van der Waals surface area contributed by atoms with E-state index in [1.54, 1.807) is 17.5 Å². The average Bonchev–Trinajstić information content (AvgIpc) is 2.80. The van der Waals surface area contributed by atoms with Crippen LogP contribution < -0.4 is 9.47 Å².